The summed E-state index contributed by atoms with van der Waals surface area (Å²) in [6.07, 6.45) is 0. The first-order valence-corrected chi connectivity index (χ1v) is 2.41. The first-order valence-electron chi connectivity index (χ1n) is 1.47. The molecule has 0 aromatic carbocycles. The normalized spacial score (nSPS) is 6.67. The van der Waals surface area contributed by atoms with Gasteiger partial charge in [-0.2, -0.15) is 21.2 Å². The highest BCUT2D eigenvalue weighted by atomic mass is 32.1. The predicted octanol–water partition coefficient (Wildman–Crippen LogP) is 1.81. The lowest BCUT2D eigenvalue weighted by Gasteiger charge is -1.39. The summed E-state index contributed by atoms with van der Waals surface area (Å²) >= 11 is 1.71. The van der Waals surface area contributed by atoms with Crippen LogP contribution in [0.1, 0.15) is 0 Å². The van der Waals surface area contributed by atoms with Gasteiger partial charge in [0, 0.05) is 0 Å². The maximum absolute atomic E-state index is 2.04. The van der Waals surface area contributed by atoms with Crippen molar-refractivity contribution in [3.05, 3.63) is 22.9 Å². The molecule has 0 nitrogen and oxygen atoms in total. The van der Waals surface area contributed by atoms with Crippen molar-refractivity contribution in [2.45, 2.75) is 0 Å². The zero-order chi connectivity index (χ0) is 3.54. The summed E-state index contributed by atoms with van der Waals surface area (Å²) in [5, 5.41) is 4.08. The third kappa shape index (κ3) is 1.54. The van der Waals surface area contributed by atoms with E-state index in [9.17, 15) is 0 Å². The molecule has 0 bridgehead atoms. The van der Waals surface area contributed by atoms with Crippen LogP contribution in [0.4, 0.5) is 0 Å². The molecule has 1 aromatic rings. The Kier molecular flexibility index (Phi) is 3.40. The molecule has 34 valence electrons. The Morgan fingerprint density at radius 3 is 1.67 bits per heavy atom. The molecule has 0 aliphatic carbocycles. The van der Waals surface area contributed by atoms with E-state index in [4.69, 9.17) is 0 Å². The Bertz CT molecular complexity index is 64.0. The first kappa shape index (κ1) is 6.13. The van der Waals surface area contributed by atoms with Crippen LogP contribution in [0.15, 0.2) is 22.9 Å². The molecule has 0 spiro atoms. The third-order valence-electron chi connectivity index (χ3n) is 0.425. The minimum atomic E-state index is 0. The van der Waals surface area contributed by atoms with Crippen LogP contribution >= 0.6 is 21.2 Å². The highest BCUT2D eigenvalue weighted by Gasteiger charge is 1.58. The van der Waals surface area contributed by atoms with E-state index in [-0.39, 0.29) is 9.90 Å². The molecule has 0 amide bonds. The zero-order valence-electron chi connectivity index (χ0n) is 3.42. The van der Waals surface area contributed by atoms with Crippen LogP contribution in [0, 0.1) is 0 Å². The van der Waals surface area contributed by atoms with Crippen LogP contribution < -0.4 is 0 Å². The lowest BCUT2D eigenvalue weighted by molar-refractivity contribution is 2.03. The number of thiophene rings is 1. The Labute approximate surface area is 44.8 Å². The van der Waals surface area contributed by atoms with Crippen molar-refractivity contribution in [1.29, 1.82) is 0 Å². The topological polar surface area (TPSA) is 0 Å². The van der Waals surface area contributed by atoms with Gasteiger partial charge >= 0.3 is 0 Å². The van der Waals surface area contributed by atoms with Gasteiger partial charge < -0.3 is 0 Å². The zero-order valence-corrected chi connectivity index (χ0v) is 5.66. The highest BCUT2D eigenvalue weighted by Crippen LogP contribution is 1.91. The number of rotatable bonds is 0. The van der Waals surface area contributed by atoms with Crippen LogP contribution in [0.2, 0.25) is 0 Å². The van der Waals surface area contributed by atoms with Gasteiger partial charge in [-0.05, 0) is 10.8 Å². The van der Waals surface area contributed by atoms with Crippen molar-refractivity contribution in [2.24, 2.45) is 0 Å². The van der Waals surface area contributed by atoms with Crippen molar-refractivity contribution in [3.8, 4) is 0 Å². The Morgan fingerprint density at radius 2 is 1.50 bits per heavy atom. The monoisotopic (exact) mass is 118 g/mol. The van der Waals surface area contributed by atoms with Crippen LogP contribution in [0.5, 0.6) is 0 Å². The van der Waals surface area contributed by atoms with Crippen molar-refractivity contribution < 1.29 is 0 Å². The molecular formula is C4H7PS. The van der Waals surface area contributed by atoms with Crippen LogP contribution in [0.3, 0.4) is 0 Å². The minimum Gasteiger partial charge on any atom is -0.153 e. The molecule has 0 radical (unpaired) electrons. The Balaban J connectivity index is 0.000000250. The number of hydrogen-bond donors (Lipinski definition) is 0. The van der Waals surface area contributed by atoms with Crippen LogP contribution in [-0.2, 0) is 0 Å². The maximum Gasteiger partial charge on any atom is -0.00934 e. The second-order valence-corrected chi connectivity index (χ2v) is 1.61. The Morgan fingerprint density at radius 1 is 1.00 bits per heavy atom. The van der Waals surface area contributed by atoms with Gasteiger partial charge in [0.25, 0.3) is 0 Å². The summed E-state index contributed by atoms with van der Waals surface area (Å²) < 4.78 is 0. The quantitative estimate of drug-likeness (QED) is 0.456. The second-order valence-electron chi connectivity index (χ2n) is 0.793. The molecule has 1 heterocycles. The van der Waals surface area contributed by atoms with Gasteiger partial charge in [0.1, 0.15) is 0 Å². The summed E-state index contributed by atoms with van der Waals surface area (Å²) in [4.78, 5) is 0. The van der Waals surface area contributed by atoms with Gasteiger partial charge in [0.15, 0.2) is 0 Å². The fourth-order valence-corrected chi connectivity index (χ4v) is 0.680. The molecule has 1 aromatic heterocycles. The molecule has 0 saturated heterocycles. The average molecular weight is 118 g/mol. The largest absolute Gasteiger partial charge is 0.153 e. The SMILES string of the molecule is P.c1ccsc1. The standard InChI is InChI=1S/C4H4S.H3P/c1-2-4-5-3-1;/h1-4H;1H3. The van der Waals surface area contributed by atoms with Crippen molar-refractivity contribution in [1.82, 2.24) is 0 Å². The average Bonchev–Trinajstić information content (AvgIpc) is 1.76. The molecule has 0 fully saturated rings. The second kappa shape index (κ2) is 3.32. The lowest BCUT2D eigenvalue weighted by Crippen LogP contribution is -1.16. The molecule has 0 saturated carbocycles. The first-order chi connectivity index (χ1) is 2.50. The van der Waals surface area contributed by atoms with Gasteiger partial charge in [-0.15, -0.1) is 0 Å². The van der Waals surface area contributed by atoms with E-state index in [1.54, 1.807) is 11.3 Å². The minimum absolute atomic E-state index is 0. The van der Waals surface area contributed by atoms with E-state index in [0.717, 1.165) is 0 Å². The molecule has 6 heavy (non-hydrogen) atoms. The summed E-state index contributed by atoms with van der Waals surface area (Å²) in [7, 11) is 0. The van der Waals surface area contributed by atoms with Gasteiger partial charge in [0.05, 0.1) is 0 Å². The smallest absolute Gasteiger partial charge is 0.00934 e. The van der Waals surface area contributed by atoms with E-state index in [0.29, 0.717) is 0 Å². The van der Waals surface area contributed by atoms with Crippen molar-refractivity contribution in [2.75, 3.05) is 0 Å². The summed E-state index contributed by atoms with van der Waals surface area (Å²) in [6, 6.07) is 4.04. The highest BCUT2D eigenvalue weighted by molar-refractivity contribution is 7.07. The molecule has 1 atom stereocenters. The fourth-order valence-electron chi connectivity index (χ4n) is 0.227. The summed E-state index contributed by atoms with van der Waals surface area (Å²) in [6.45, 7) is 0. The molecule has 0 N–H and O–H groups in total. The van der Waals surface area contributed by atoms with Crippen molar-refractivity contribution >= 4 is 21.2 Å². The van der Waals surface area contributed by atoms with Gasteiger partial charge in [0.2, 0.25) is 0 Å². The van der Waals surface area contributed by atoms with E-state index in [1.807, 2.05) is 22.9 Å². The summed E-state index contributed by atoms with van der Waals surface area (Å²) in [5.41, 5.74) is 0. The van der Waals surface area contributed by atoms with E-state index < -0.39 is 0 Å². The molecule has 0 aliphatic heterocycles. The van der Waals surface area contributed by atoms with Crippen LogP contribution in [0.25, 0.3) is 0 Å². The fraction of sp³-hybridized carbons (Fsp3) is 0. The number of hydrogen-bond acceptors (Lipinski definition) is 1. The van der Waals surface area contributed by atoms with Crippen molar-refractivity contribution in [3.63, 3.8) is 0 Å². The Hall–Kier alpha value is 0.130. The lowest BCUT2D eigenvalue weighted by atomic mass is 10.7. The molecular weight excluding hydrogens is 111 g/mol. The molecule has 1 unspecified atom stereocenters. The molecule has 0 aliphatic rings. The molecule has 1 rings (SSSR count). The maximum atomic E-state index is 2.04. The van der Waals surface area contributed by atoms with Crippen LogP contribution in [-0.4, -0.2) is 0 Å². The van der Waals surface area contributed by atoms with E-state index in [1.165, 1.54) is 0 Å². The van der Waals surface area contributed by atoms with E-state index in [2.05, 4.69) is 0 Å². The van der Waals surface area contributed by atoms with Gasteiger partial charge in [-0.3, -0.25) is 0 Å². The third-order valence-corrected chi connectivity index (χ3v) is 1.05. The van der Waals surface area contributed by atoms with E-state index >= 15 is 0 Å². The summed E-state index contributed by atoms with van der Waals surface area (Å²) in [5.74, 6) is 0. The predicted molar refractivity (Wildman–Crippen MR) is 35.4 cm³/mol. The van der Waals surface area contributed by atoms with Gasteiger partial charge in [-0.25, -0.2) is 0 Å². The van der Waals surface area contributed by atoms with Gasteiger partial charge in [-0.1, -0.05) is 12.1 Å². The molecule has 2 heteroatoms.